The van der Waals surface area contributed by atoms with Crippen molar-refractivity contribution in [2.24, 2.45) is 0 Å². The van der Waals surface area contributed by atoms with Crippen LogP contribution in [0.2, 0.25) is 0 Å². The Hall–Kier alpha value is -0.960. The Labute approximate surface area is 71.6 Å². The van der Waals surface area contributed by atoms with Crippen LogP contribution in [0.4, 0.5) is 5.82 Å². The monoisotopic (exact) mass is 166 g/mol. The lowest BCUT2D eigenvalue weighted by Crippen LogP contribution is -1.87. The number of rotatable bonds is 2. The summed E-state index contributed by atoms with van der Waals surface area (Å²) < 4.78 is 0. The van der Waals surface area contributed by atoms with E-state index in [2.05, 4.69) is 17.6 Å². The molecule has 0 aliphatic heterocycles. The minimum atomic E-state index is 0.549. The van der Waals surface area contributed by atoms with Crippen LogP contribution in [0.1, 0.15) is 5.56 Å². The number of hydrogen-bond acceptors (Lipinski definition) is 3. The molecular weight excluding hydrogens is 156 g/mol. The zero-order chi connectivity index (χ0) is 8.10. The molecular formula is C8H10N2S. The van der Waals surface area contributed by atoms with Gasteiger partial charge in [-0.3, -0.25) is 0 Å². The van der Waals surface area contributed by atoms with Crippen LogP contribution in [0.15, 0.2) is 24.4 Å². The predicted octanol–water partition coefficient (Wildman–Crippen LogP) is 1.61. The molecule has 0 unspecified atom stereocenters. The molecule has 0 aliphatic carbocycles. The molecule has 0 radical (unpaired) electrons. The van der Waals surface area contributed by atoms with Crippen molar-refractivity contribution in [2.45, 2.75) is 0 Å². The fourth-order valence-corrected chi connectivity index (χ4v) is 0.810. The van der Waals surface area contributed by atoms with Crippen LogP contribution in [-0.2, 0) is 0 Å². The fourth-order valence-electron chi connectivity index (χ4n) is 0.704. The molecule has 1 rings (SSSR count). The second-order valence-corrected chi connectivity index (χ2v) is 2.47. The molecule has 0 atom stereocenters. The summed E-state index contributed by atoms with van der Waals surface area (Å²) in [6.07, 6.45) is 5.64. The van der Waals surface area contributed by atoms with E-state index in [4.69, 9.17) is 5.73 Å². The topological polar surface area (TPSA) is 38.9 Å². The number of anilines is 1. The van der Waals surface area contributed by atoms with Crippen molar-refractivity contribution in [2.75, 3.05) is 11.5 Å². The van der Waals surface area contributed by atoms with E-state index in [-0.39, 0.29) is 0 Å². The zero-order valence-electron chi connectivity index (χ0n) is 6.07. The maximum atomic E-state index is 5.41. The minimum absolute atomic E-state index is 0.549. The predicted molar refractivity (Wildman–Crippen MR) is 51.5 cm³/mol. The van der Waals surface area contributed by atoms with Gasteiger partial charge in [0.1, 0.15) is 5.82 Å². The van der Waals surface area contributed by atoms with Crippen LogP contribution in [0.3, 0.4) is 0 Å². The Balaban J connectivity index is 2.73. The second-order valence-electron chi connectivity index (χ2n) is 2.10. The van der Waals surface area contributed by atoms with Gasteiger partial charge in [-0.2, -0.15) is 12.6 Å². The molecule has 0 saturated carbocycles. The number of nitrogen functional groups attached to an aromatic ring is 1. The van der Waals surface area contributed by atoms with Crippen molar-refractivity contribution < 1.29 is 0 Å². The van der Waals surface area contributed by atoms with Gasteiger partial charge in [-0.25, -0.2) is 4.98 Å². The van der Waals surface area contributed by atoms with Crippen molar-refractivity contribution in [3.05, 3.63) is 30.0 Å². The van der Waals surface area contributed by atoms with E-state index in [9.17, 15) is 0 Å². The first-order valence-corrected chi connectivity index (χ1v) is 3.95. The first kappa shape index (κ1) is 8.14. The first-order chi connectivity index (χ1) is 5.33. The molecule has 1 aromatic rings. The van der Waals surface area contributed by atoms with Gasteiger partial charge in [0, 0.05) is 11.9 Å². The zero-order valence-corrected chi connectivity index (χ0v) is 6.96. The molecule has 0 saturated heterocycles. The van der Waals surface area contributed by atoms with E-state index in [0.717, 1.165) is 11.3 Å². The van der Waals surface area contributed by atoms with E-state index >= 15 is 0 Å². The minimum Gasteiger partial charge on any atom is -0.384 e. The van der Waals surface area contributed by atoms with Crippen LogP contribution in [0.5, 0.6) is 0 Å². The average Bonchev–Trinajstić information content (AvgIpc) is 2.04. The molecule has 58 valence electrons. The van der Waals surface area contributed by atoms with Gasteiger partial charge in [-0.15, -0.1) is 0 Å². The van der Waals surface area contributed by atoms with E-state index in [0.29, 0.717) is 5.82 Å². The van der Waals surface area contributed by atoms with Crippen LogP contribution in [0.25, 0.3) is 6.08 Å². The highest BCUT2D eigenvalue weighted by Crippen LogP contribution is 2.02. The third kappa shape index (κ3) is 2.63. The molecule has 1 heterocycles. The highest BCUT2D eigenvalue weighted by atomic mass is 32.1. The molecule has 1 aromatic heterocycles. The van der Waals surface area contributed by atoms with Crippen molar-refractivity contribution >= 4 is 24.5 Å². The Morgan fingerprint density at radius 2 is 2.36 bits per heavy atom. The average molecular weight is 166 g/mol. The molecule has 0 fully saturated rings. The maximum Gasteiger partial charge on any atom is 0.123 e. The SMILES string of the molecule is Nc1ccc(C=CCS)cn1. The quantitative estimate of drug-likeness (QED) is 0.655. The summed E-state index contributed by atoms with van der Waals surface area (Å²) in [5.41, 5.74) is 6.45. The van der Waals surface area contributed by atoms with Crippen LogP contribution < -0.4 is 5.73 Å². The molecule has 0 aromatic carbocycles. The van der Waals surface area contributed by atoms with Gasteiger partial charge in [-0.1, -0.05) is 12.2 Å². The number of hydrogen-bond donors (Lipinski definition) is 2. The lowest BCUT2D eigenvalue weighted by molar-refractivity contribution is 1.32. The number of nitrogens with zero attached hydrogens (tertiary/aromatic N) is 1. The normalized spacial score (nSPS) is 10.6. The highest BCUT2D eigenvalue weighted by molar-refractivity contribution is 7.80. The van der Waals surface area contributed by atoms with Gasteiger partial charge in [-0.05, 0) is 17.7 Å². The van der Waals surface area contributed by atoms with Gasteiger partial charge in [0.15, 0.2) is 0 Å². The summed E-state index contributed by atoms with van der Waals surface area (Å²) in [6.45, 7) is 0. The molecule has 2 N–H and O–H groups in total. The lowest BCUT2D eigenvalue weighted by atomic mass is 10.2. The van der Waals surface area contributed by atoms with Crippen molar-refractivity contribution in [3.63, 3.8) is 0 Å². The fraction of sp³-hybridized carbons (Fsp3) is 0.125. The number of aromatic nitrogens is 1. The van der Waals surface area contributed by atoms with Crippen LogP contribution >= 0.6 is 12.6 Å². The van der Waals surface area contributed by atoms with Crippen LogP contribution in [0, 0.1) is 0 Å². The molecule has 11 heavy (non-hydrogen) atoms. The molecule has 3 heteroatoms. The summed E-state index contributed by atoms with van der Waals surface area (Å²) >= 11 is 4.04. The van der Waals surface area contributed by atoms with Crippen molar-refractivity contribution in [3.8, 4) is 0 Å². The van der Waals surface area contributed by atoms with Gasteiger partial charge < -0.3 is 5.73 Å². The van der Waals surface area contributed by atoms with Crippen molar-refractivity contribution in [1.29, 1.82) is 0 Å². The smallest absolute Gasteiger partial charge is 0.123 e. The third-order valence-electron chi connectivity index (χ3n) is 1.22. The van der Waals surface area contributed by atoms with Gasteiger partial charge in [0.2, 0.25) is 0 Å². The summed E-state index contributed by atoms with van der Waals surface area (Å²) in [4.78, 5) is 3.93. The summed E-state index contributed by atoms with van der Waals surface area (Å²) in [7, 11) is 0. The molecule has 0 bridgehead atoms. The summed E-state index contributed by atoms with van der Waals surface area (Å²) in [6, 6.07) is 3.69. The largest absolute Gasteiger partial charge is 0.384 e. The molecule has 0 spiro atoms. The van der Waals surface area contributed by atoms with Crippen LogP contribution in [-0.4, -0.2) is 10.7 Å². The Kier molecular flexibility index (Phi) is 2.98. The van der Waals surface area contributed by atoms with E-state index in [1.807, 2.05) is 18.2 Å². The second kappa shape index (κ2) is 4.03. The number of pyridine rings is 1. The van der Waals surface area contributed by atoms with E-state index in [1.54, 1.807) is 12.3 Å². The molecule has 0 amide bonds. The number of nitrogens with two attached hydrogens (primary N) is 1. The first-order valence-electron chi connectivity index (χ1n) is 3.32. The highest BCUT2D eigenvalue weighted by Gasteiger charge is 1.85. The summed E-state index contributed by atoms with van der Waals surface area (Å²) in [5.74, 6) is 1.29. The Morgan fingerprint density at radius 1 is 1.55 bits per heavy atom. The van der Waals surface area contributed by atoms with E-state index < -0.39 is 0 Å². The van der Waals surface area contributed by atoms with Gasteiger partial charge in [0.05, 0.1) is 0 Å². The maximum absolute atomic E-state index is 5.41. The molecule has 0 aliphatic rings. The standard InChI is InChI=1S/C8H10N2S/c9-8-4-3-7(6-10-8)2-1-5-11/h1-4,6,11H,5H2,(H2,9,10). The number of thiol groups is 1. The third-order valence-corrected chi connectivity index (χ3v) is 1.44. The Bertz CT molecular complexity index is 241. The van der Waals surface area contributed by atoms with E-state index in [1.165, 1.54) is 0 Å². The lowest BCUT2D eigenvalue weighted by Gasteiger charge is -1.92. The van der Waals surface area contributed by atoms with Gasteiger partial charge in [0.25, 0.3) is 0 Å². The van der Waals surface area contributed by atoms with Gasteiger partial charge >= 0.3 is 0 Å². The van der Waals surface area contributed by atoms with Crippen molar-refractivity contribution in [1.82, 2.24) is 4.98 Å². The Morgan fingerprint density at radius 3 is 2.91 bits per heavy atom. The summed E-state index contributed by atoms with van der Waals surface area (Å²) in [5, 5.41) is 0. The molecule has 2 nitrogen and oxygen atoms in total.